The molecule has 0 aromatic carbocycles. The summed E-state index contributed by atoms with van der Waals surface area (Å²) in [4.78, 5) is 14.7. The molecule has 3 nitrogen and oxygen atoms in total. The van der Waals surface area contributed by atoms with Gasteiger partial charge in [0.05, 0.1) is 11.5 Å². The van der Waals surface area contributed by atoms with Crippen molar-refractivity contribution in [1.29, 1.82) is 0 Å². The van der Waals surface area contributed by atoms with E-state index < -0.39 is 0 Å². The van der Waals surface area contributed by atoms with E-state index in [9.17, 15) is 4.79 Å². The summed E-state index contributed by atoms with van der Waals surface area (Å²) in [5.74, 6) is 0.380. The summed E-state index contributed by atoms with van der Waals surface area (Å²) in [7, 11) is 0. The second-order valence-corrected chi connectivity index (χ2v) is 6.18. The fourth-order valence-electron chi connectivity index (χ4n) is 2.73. The first-order valence-corrected chi connectivity index (χ1v) is 6.86. The van der Waals surface area contributed by atoms with Crippen LogP contribution in [0.15, 0.2) is 0 Å². The maximum absolute atomic E-state index is 12.5. The van der Waals surface area contributed by atoms with Gasteiger partial charge in [-0.15, -0.1) is 0 Å². The molecule has 4 heteroatoms. The molecule has 0 aromatic heterocycles. The number of hydrogen-bond acceptors (Lipinski definition) is 2. The molecule has 0 radical (unpaired) electrons. The summed E-state index contributed by atoms with van der Waals surface area (Å²) in [6, 6.07) is 0. The van der Waals surface area contributed by atoms with E-state index in [1.54, 1.807) is 0 Å². The van der Waals surface area contributed by atoms with Gasteiger partial charge in [-0.2, -0.15) is 0 Å². The Kier molecular flexibility index (Phi) is 4.92. The minimum Gasteiger partial charge on any atom is -0.392 e. The van der Waals surface area contributed by atoms with Gasteiger partial charge in [0.2, 0.25) is 5.91 Å². The van der Waals surface area contributed by atoms with E-state index in [1.165, 1.54) is 0 Å². The van der Waals surface area contributed by atoms with Crippen LogP contribution in [-0.4, -0.2) is 28.9 Å². The van der Waals surface area contributed by atoms with Gasteiger partial charge in [-0.1, -0.05) is 39.4 Å². The molecule has 0 aliphatic heterocycles. The Morgan fingerprint density at radius 3 is 2.59 bits per heavy atom. The molecule has 98 valence electrons. The molecule has 1 fully saturated rings. The molecule has 1 unspecified atom stereocenters. The molecule has 1 amide bonds. The fourth-order valence-corrected chi connectivity index (χ4v) is 2.89. The van der Waals surface area contributed by atoms with E-state index in [0.29, 0.717) is 11.5 Å². The minimum absolute atomic E-state index is 0.124. The SMILES string of the molecule is CCCN(CC(N)=S)C(=O)C1CCCC1(C)C. The second kappa shape index (κ2) is 5.80. The van der Waals surface area contributed by atoms with Crippen LogP contribution in [0.2, 0.25) is 0 Å². The molecule has 1 rings (SSSR count). The average Bonchev–Trinajstić information content (AvgIpc) is 2.56. The van der Waals surface area contributed by atoms with Crippen LogP contribution in [-0.2, 0) is 4.79 Å². The van der Waals surface area contributed by atoms with Gasteiger partial charge >= 0.3 is 0 Å². The third-order valence-electron chi connectivity index (χ3n) is 3.71. The number of hydrogen-bond donors (Lipinski definition) is 1. The van der Waals surface area contributed by atoms with Crippen molar-refractivity contribution < 1.29 is 4.79 Å². The van der Waals surface area contributed by atoms with Gasteiger partial charge in [0.1, 0.15) is 0 Å². The summed E-state index contributed by atoms with van der Waals surface area (Å²) in [5.41, 5.74) is 5.69. The quantitative estimate of drug-likeness (QED) is 0.768. The van der Waals surface area contributed by atoms with Crippen LogP contribution in [0.5, 0.6) is 0 Å². The van der Waals surface area contributed by atoms with E-state index in [4.69, 9.17) is 18.0 Å². The maximum Gasteiger partial charge on any atom is 0.226 e. The zero-order valence-electron chi connectivity index (χ0n) is 11.2. The Morgan fingerprint density at radius 2 is 2.18 bits per heavy atom. The molecule has 0 saturated heterocycles. The van der Waals surface area contributed by atoms with Crippen molar-refractivity contribution in [2.75, 3.05) is 13.1 Å². The van der Waals surface area contributed by atoms with Crippen LogP contribution < -0.4 is 5.73 Å². The third-order valence-corrected chi connectivity index (χ3v) is 3.84. The molecule has 0 heterocycles. The van der Waals surface area contributed by atoms with Crippen molar-refractivity contribution in [2.24, 2.45) is 17.1 Å². The summed E-state index contributed by atoms with van der Waals surface area (Å²) >= 11 is 4.92. The summed E-state index contributed by atoms with van der Waals surface area (Å²) in [6.07, 6.45) is 4.23. The van der Waals surface area contributed by atoms with E-state index >= 15 is 0 Å². The van der Waals surface area contributed by atoms with Crippen molar-refractivity contribution in [2.45, 2.75) is 46.5 Å². The monoisotopic (exact) mass is 256 g/mol. The highest BCUT2D eigenvalue weighted by Crippen LogP contribution is 2.43. The zero-order valence-corrected chi connectivity index (χ0v) is 12.0. The maximum atomic E-state index is 12.5. The van der Waals surface area contributed by atoms with E-state index in [1.807, 2.05) is 4.90 Å². The predicted octanol–water partition coefficient (Wildman–Crippen LogP) is 2.34. The lowest BCUT2D eigenvalue weighted by atomic mass is 9.81. The van der Waals surface area contributed by atoms with Gasteiger partial charge in [0, 0.05) is 12.5 Å². The van der Waals surface area contributed by atoms with Gasteiger partial charge in [0.25, 0.3) is 0 Å². The topological polar surface area (TPSA) is 46.3 Å². The largest absolute Gasteiger partial charge is 0.392 e. The molecular weight excluding hydrogens is 232 g/mol. The number of carbonyl (C=O) groups is 1. The minimum atomic E-state index is 0.124. The third kappa shape index (κ3) is 3.66. The first kappa shape index (κ1) is 14.4. The van der Waals surface area contributed by atoms with E-state index in [2.05, 4.69) is 20.8 Å². The van der Waals surface area contributed by atoms with Gasteiger partial charge in [-0.05, 0) is 24.7 Å². The second-order valence-electron chi connectivity index (χ2n) is 5.66. The van der Waals surface area contributed by atoms with Crippen LogP contribution in [0.4, 0.5) is 0 Å². The first-order valence-electron chi connectivity index (χ1n) is 6.45. The molecule has 1 aliphatic carbocycles. The van der Waals surface area contributed by atoms with Gasteiger partial charge in [-0.3, -0.25) is 4.79 Å². The van der Waals surface area contributed by atoms with Crippen LogP contribution in [0.3, 0.4) is 0 Å². The summed E-state index contributed by atoms with van der Waals surface area (Å²) in [6.45, 7) is 7.62. The van der Waals surface area contributed by atoms with Crippen molar-refractivity contribution in [1.82, 2.24) is 4.90 Å². The highest BCUT2D eigenvalue weighted by molar-refractivity contribution is 7.80. The molecule has 0 aromatic rings. The molecule has 17 heavy (non-hydrogen) atoms. The van der Waals surface area contributed by atoms with Gasteiger partial charge in [-0.25, -0.2) is 0 Å². The molecular formula is C13H24N2OS. The van der Waals surface area contributed by atoms with Crippen LogP contribution >= 0.6 is 12.2 Å². The molecule has 1 aliphatic rings. The fraction of sp³-hybridized carbons (Fsp3) is 0.846. The first-order chi connectivity index (χ1) is 7.88. The lowest BCUT2D eigenvalue weighted by Gasteiger charge is -2.31. The molecule has 1 saturated carbocycles. The van der Waals surface area contributed by atoms with E-state index in [-0.39, 0.29) is 17.2 Å². The lowest BCUT2D eigenvalue weighted by molar-refractivity contribution is -0.137. The van der Waals surface area contributed by atoms with Crippen LogP contribution in [0.25, 0.3) is 0 Å². The zero-order chi connectivity index (χ0) is 13.1. The van der Waals surface area contributed by atoms with Crippen LogP contribution in [0, 0.1) is 11.3 Å². The van der Waals surface area contributed by atoms with Crippen molar-refractivity contribution in [3.63, 3.8) is 0 Å². The van der Waals surface area contributed by atoms with E-state index in [0.717, 1.165) is 32.2 Å². The Bertz CT molecular complexity index is 302. The average molecular weight is 256 g/mol. The summed E-state index contributed by atoms with van der Waals surface area (Å²) in [5, 5.41) is 0. The number of carbonyl (C=O) groups excluding carboxylic acids is 1. The van der Waals surface area contributed by atoms with Crippen molar-refractivity contribution in [3.05, 3.63) is 0 Å². The molecule has 0 spiro atoms. The molecule has 2 N–H and O–H groups in total. The Hall–Kier alpha value is -0.640. The highest BCUT2D eigenvalue weighted by Gasteiger charge is 2.40. The summed E-state index contributed by atoms with van der Waals surface area (Å²) < 4.78 is 0. The lowest BCUT2D eigenvalue weighted by Crippen LogP contribution is -2.44. The molecule has 0 bridgehead atoms. The Balaban J connectivity index is 2.73. The number of nitrogens with two attached hydrogens (primary N) is 1. The molecule has 1 atom stereocenters. The normalized spacial score (nSPS) is 22.4. The Labute approximate surface area is 110 Å². The predicted molar refractivity (Wildman–Crippen MR) is 74.8 cm³/mol. The van der Waals surface area contributed by atoms with Gasteiger partial charge < -0.3 is 10.6 Å². The number of nitrogens with zero attached hydrogens (tertiary/aromatic N) is 1. The highest BCUT2D eigenvalue weighted by atomic mass is 32.1. The number of rotatable bonds is 5. The van der Waals surface area contributed by atoms with Gasteiger partial charge in [0.15, 0.2) is 0 Å². The number of thiocarbonyl (C=S) groups is 1. The van der Waals surface area contributed by atoms with Crippen LogP contribution in [0.1, 0.15) is 46.5 Å². The number of amides is 1. The smallest absolute Gasteiger partial charge is 0.226 e. The Morgan fingerprint density at radius 1 is 1.53 bits per heavy atom. The van der Waals surface area contributed by atoms with Crippen molar-refractivity contribution >= 4 is 23.1 Å². The van der Waals surface area contributed by atoms with Crippen molar-refractivity contribution in [3.8, 4) is 0 Å². The standard InChI is InChI=1S/C13H24N2OS/c1-4-8-15(9-11(14)17)12(16)10-6-5-7-13(10,2)3/h10H,4-9H2,1-3H3,(H2,14,17).